The van der Waals surface area contributed by atoms with Gasteiger partial charge in [0.25, 0.3) is 0 Å². The topological polar surface area (TPSA) is 66.4 Å². The average molecular weight is 541 g/mol. The highest BCUT2D eigenvalue weighted by molar-refractivity contribution is 5.16. The van der Waals surface area contributed by atoms with Crippen LogP contribution in [0.2, 0.25) is 0 Å². The third-order valence-electron chi connectivity index (χ3n) is 6.88. The molecule has 1 aliphatic heterocycles. The van der Waals surface area contributed by atoms with Crippen LogP contribution in [0.1, 0.15) is 22.3 Å². The minimum atomic E-state index is -0.779. The van der Waals surface area contributed by atoms with Crippen molar-refractivity contribution in [1.82, 2.24) is 0 Å². The molecule has 5 atom stereocenters. The average Bonchev–Trinajstić information content (AvgIpc) is 3.03. The van der Waals surface area contributed by atoms with Crippen molar-refractivity contribution in [2.75, 3.05) is 6.61 Å². The molecule has 1 heterocycles. The van der Waals surface area contributed by atoms with Crippen molar-refractivity contribution in [3.05, 3.63) is 144 Å². The molecule has 4 aromatic carbocycles. The van der Waals surface area contributed by atoms with Crippen molar-refractivity contribution < 1.29 is 28.8 Å². The SMILES string of the molecule is OC[C@H]1O[C@@H](OCc2ccccc2)[C@H](OCc2ccccc2)[C@@H](OCc2ccccc2)[C@H]1OCc1ccccc1. The molecule has 40 heavy (non-hydrogen) atoms. The van der Waals surface area contributed by atoms with Gasteiger partial charge < -0.3 is 28.8 Å². The predicted octanol–water partition coefficient (Wildman–Crippen LogP) is 5.68. The molecule has 0 unspecified atom stereocenters. The Balaban J connectivity index is 1.41. The molecule has 208 valence electrons. The van der Waals surface area contributed by atoms with E-state index in [1.807, 2.05) is 121 Å². The maximum absolute atomic E-state index is 10.4. The maximum atomic E-state index is 10.4. The fourth-order valence-corrected chi connectivity index (χ4v) is 4.78. The molecule has 1 saturated heterocycles. The number of hydrogen-bond donors (Lipinski definition) is 1. The van der Waals surface area contributed by atoms with Crippen LogP contribution in [-0.2, 0) is 50.1 Å². The van der Waals surface area contributed by atoms with E-state index in [1.54, 1.807) is 0 Å². The van der Waals surface area contributed by atoms with Crippen molar-refractivity contribution in [2.45, 2.75) is 57.1 Å². The molecule has 4 aromatic rings. The Morgan fingerprint density at radius 1 is 0.450 bits per heavy atom. The van der Waals surface area contributed by atoms with Crippen LogP contribution in [0.4, 0.5) is 0 Å². The Morgan fingerprint density at radius 3 is 1.20 bits per heavy atom. The number of ether oxygens (including phenoxy) is 5. The van der Waals surface area contributed by atoms with Crippen LogP contribution in [0.5, 0.6) is 0 Å². The molecule has 1 aliphatic rings. The first-order valence-electron chi connectivity index (χ1n) is 13.7. The van der Waals surface area contributed by atoms with Gasteiger partial charge in [-0.2, -0.15) is 0 Å². The molecular formula is C34H36O6. The normalized spacial score (nSPS) is 22.7. The number of aliphatic hydroxyl groups excluding tert-OH is 1. The van der Waals surface area contributed by atoms with Gasteiger partial charge in [0, 0.05) is 0 Å². The summed E-state index contributed by atoms with van der Waals surface area (Å²) in [5.41, 5.74) is 4.08. The summed E-state index contributed by atoms with van der Waals surface area (Å²) in [5.74, 6) is 0. The van der Waals surface area contributed by atoms with Crippen LogP contribution in [-0.4, -0.2) is 42.4 Å². The van der Waals surface area contributed by atoms with Gasteiger partial charge in [-0.1, -0.05) is 121 Å². The highest BCUT2D eigenvalue weighted by Crippen LogP contribution is 2.31. The van der Waals surface area contributed by atoms with Crippen LogP contribution >= 0.6 is 0 Å². The molecule has 6 nitrogen and oxygen atoms in total. The lowest BCUT2D eigenvalue weighted by Gasteiger charge is -2.45. The third kappa shape index (κ3) is 7.86. The van der Waals surface area contributed by atoms with Gasteiger partial charge in [-0.3, -0.25) is 0 Å². The molecule has 0 aliphatic carbocycles. The molecule has 1 N–H and O–H groups in total. The second kappa shape index (κ2) is 14.9. The summed E-state index contributed by atoms with van der Waals surface area (Å²) < 4.78 is 32.1. The number of aliphatic hydroxyl groups is 1. The highest BCUT2D eigenvalue weighted by Gasteiger charge is 2.48. The summed E-state index contributed by atoms with van der Waals surface area (Å²) in [5, 5.41) is 10.4. The summed E-state index contributed by atoms with van der Waals surface area (Å²) in [4.78, 5) is 0. The molecule has 1 fully saturated rings. The zero-order valence-electron chi connectivity index (χ0n) is 22.5. The molecular weight excluding hydrogens is 504 g/mol. The van der Waals surface area contributed by atoms with Crippen molar-refractivity contribution >= 4 is 0 Å². The largest absolute Gasteiger partial charge is 0.394 e. The minimum absolute atomic E-state index is 0.249. The van der Waals surface area contributed by atoms with E-state index in [9.17, 15) is 5.11 Å². The van der Waals surface area contributed by atoms with Gasteiger partial charge in [-0.25, -0.2) is 0 Å². The first-order chi connectivity index (χ1) is 19.8. The van der Waals surface area contributed by atoms with Crippen LogP contribution < -0.4 is 0 Å². The maximum Gasteiger partial charge on any atom is 0.187 e. The predicted molar refractivity (Wildman–Crippen MR) is 152 cm³/mol. The Bertz CT molecular complexity index is 1240. The van der Waals surface area contributed by atoms with Crippen molar-refractivity contribution in [3.8, 4) is 0 Å². The van der Waals surface area contributed by atoms with E-state index in [0.717, 1.165) is 22.3 Å². The lowest BCUT2D eigenvalue weighted by molar-refractivity contribution is -0.329. The Kier molecular flexibility index (Phi) is 10.5. The van der Waals surface area contributed by atoms with Crippen molar-refractivity contribution in [3.63, 3.8) is 0 Å². The van der Waals surface area contributed by atoms with Gasteiger partial charge >= 0.3 is 0 Å². The Hall–Kier alpha value is -3.36. The van der Waals surface area contributed by atoms with Gasteiger partial charge in [-0.05, 0) is 22.3 Å². The summed E-state index contributed by atoms with van der Waals surface area (Å²) in [6, 6.07) is 39.8. The van der Waals surface area contributed by atoms with Crippen molar-refractivity contribution in [2.24, 2.45) is 0 Å². The Labute approximate surface area is 236 Å². The third-order valence-corrected chi connectivity index (χ3v) is 6.88. The second-order valence-electron chi connectivity index (χ2n) is 9.81. The highest BCUT2D eigenvalue weighted by atomic mass is 16.7. The smallest absolute Gasteiger partial charge is 0.187 e. The molecule has 5 rings (SSSR count). The number of hydrogen-bond acceptors (Lipinski definition) is 6. The standard InChI is InChI=1S/C34H36O6/c35-21-30-31(36-22-26-13-5-1-6-14-26)32(37-23-27-15-7-2-8-16-27)33(38-24-28-17-9-3-10-18-28)34(40-30)39-25-29-19-11-4-12-20-29/h1-20,30-35H,21-25H2/t30-,31+,32+,33-,34-/m1/s1. The van der Waals surface area contributed by atoms with Crippen LogP contribution in [0.3, 0.4) is 0 Å². The summed E-state index contributed by atoms with van der Waals surface area (Å²) in [7, 11) is 0. The van der Waals surface area contributed by atoms with Gasteiger partial charge in [-0.15, -0.1) is 0 Å². The number of rotatable bonds is 13. The van der Waals surface area contributed by atoms with Crippen LogP contribution in [0.25, 0.3) is 0 Å². The van der Waals surface area contributed by atoms with E-state index in [1.165, 1.54) is 0 Å². The second-order valence-corrected chi connectivity index (χ2v) is 9.81. The summed E-state index contributed by atoms with van der Waals surface area (Å²) in [6.07, 6.45) is -3.22. The zero-order chi connectivity index (χ0) is 27.4. The lowest BCUT2D eigenvalue weighted by Crippen LogP contribution is -2.61. The monoisotopic (exact) mass is 540 g/mol. The van der Waals surface area contributed by atoms with Crippen molar-refractivity contribution in [1.29, 1.82) is 0 Å². The van der Waals surface area contributed by atoms with E-state index < -0.39 is 30.7 Å². The molecule has 0 amide bonds. The van der Waals surface area contributed by atoms with Gasteiger partial charge in [0.2, 0.25) is 0 Å². The molecule has 0 bridgehead atoms. The number of benzene rings is 4. The fourth-order valence-electron chi connectivity index (χ4n) is 4.78. The summed E-state index contributed by atoms with van der Waals surface area (Å²) >= 11 is 0. The zero-order valence-corrected chi connectivity index (χ0v) is 22.5. The molecule has 0 saturated carbocycles. The van der Waals surface area contributed by atoms with Gasteiger partial charge in [0.15, 0.2) is 6.29 Å². The minimum Gasteiger partial charge on any atom is -0.394 e. The van der Waals surface area contributed by atoms with E-state index in [2.05, 4.69) is 0 Å². The van der Waals surface area contributed by atoms with E-state index in [0.29, 0.717) is 26.4 Å². The first-order valence-corrected chi connectivity index (χ1v) is 13.7. The fraction of sp³-hybridized carbons (Fsp3) is 0.294. The molecule has 0 radical (unpaired) electrons. The quantitative estimate of drug-likeness (QED) is 0.236. The van der Waals surface area contributed by atoms with E-state index in [-0.39, 0.29) is 6.61 Å². The lowest BCUT2D eigenvalue weighted by atomic mass is 9.97. The van der Waals surface area contributed by atoms with Crippen LogP contribution in [0, 0.1) is 0 Å². The van der Waals surface area contributed by atoms with Gasteiger partial charge in [0.05, 0.1) is 33.0 Å². The molecule has 6 heteroatoms. The van der Waals surface area contributed by atoms with Gasteiger partial charge in [0.1, 0.15) is 24.4 Å². The molecule has 0 aromatic heterocycles. The first kappa shape index (κ1) is 28.2. The van der Waals surface area contributed by atoms with E-state index >= 15 is 0 Å². The molecule has 0 spiro atoms. The van der Waals surface area contributed by atoms with E-state index in [4.69, 9.17) is 23.7 Å². The van der Waals surface area contributed by atoms with Crippen LogP contribution in [0.15, 0.2) is 121 Å². The Morgan fingerprint density at radius 2 is 0.800 bits per heavy atom. The summed E-state index contributed by atoms with van der Waals surface area (Å²) in [6.45, 7) is 1.13.